The molecule has 2 rings (SSSR count). The second-order valence-electron chi connectivity index (χ2n) is 4.38. The lowest BCUT2D eigenvalue weighted by molar-refractivity contribution is 0.410. The number of thiophene rings is 1. The lowest BCUT2D eigenvalue weighted by Gasteiger charge is -2.16. The number of hydrogen-bond donors (Lipinski definition) is 2. The molecule has 0 radical (unpaired) electrons. The van der Waals surface area contributed by atoms with Crippen LogP contribution in [0.5, 0.6) is 5.75 Å². The third-order valence-corrected chi connectivity index (χ3v) is 4.37. The van der Waals surface area contributed by atoms with Crippen LogP contribution in [0.3, 0.4) is 0 Å². The molecule has 0 bridgehead atoms. The molecule has 1 aromatic carbocycles. The summed E-state index contributed by atoms with van der Waals surface area (Å²) in [5, 5.41) is 0. The molecule has 19 heavy (non-hydrogen) atoms. The summed E-state index contributed by atoms with van der Waals surface area (Å²) >= 11 is 1.62. The van der Waals surface area contributed by atoms with Gasteiger partial charge in [-0.1, -0.05) is 6.07 Å². The smallest absolute Gasteiger partial charge is 0.132 e. The fourth-order valence-corrected chi connectivity index (χ4v) is 3.06. The van der Waals surface area contributed by atoms with Gasteiger partial charge in [0.05, 0.1) is 13.2 Å². The van der Waals surface area contributed by atoms with Gasteiger partial charge >= 0.3 is 0 Å². The van der Waals surface area contributed by atoms with Crippen LogP contribution in [0.4, 0.5) is 4.39 Å². The minimum absolute atomic E-state index is 0.328. The first-order chi connectivity index (χ1) is 9.06. The van der Waals surface area contributed by atoms with Crippen LogP contribution < -0.4 is 16.0 Å². The molecule has 5 heteroatoms. The molecule has 1 aromatic heterocycles. The van der Waals surface area contributed by atoms with Crippen molar-refractivity contribution in [2.45, 2.75) is 19.9 Å². The summed E-state index contributed by atoms with van der Waals surface area (Å²) in [4.78, 5) is 2.21. The minimum atomic E-state index is -0.344. The standard InChI is InChI=1S/C14H17FN2OS/c1-8-6-13(19-9(8)2)14(17-16)11-5-4-10(18-3)7-12(11)15/h4-7,14,17H,16H2,1-3H3. The normalized spacial score (nSPS) is 12.5. The Morgan fingerprint density at radius 3 is 2.53 bits per heavy atom. The van der Waals surface area contributed by atoms with Crippen LogP contribution in [-0.4, -0.2) is 7.11 Å². The highest BCUT2D eigenvalue weighted by molar-refractivity contribution is 7.12. The molecule has 0 spiro atoms. The monoisotopic (exact) mass is 280 g/mol. The third-order valence-electron chi connectivity index (χ3n) is 3.15. The van der Waals surface area contributed by atoms with Gasteiger partial charge in [0.25, 0.3) is 0 Å². The Kier molecular flexibility index (Phi) is 4.19. The van der Waals surface area contributed by atoms with Crippen molar-refractivity contribution in [2.75, 3.05) is 7.11 Å². The molecule has 0 amide bonds. The largest absolute Gasteiger partial charge is 0.497 e. The van der Waals surface area contributed by atoms with Gasteiger partial charge in [0, 0.05) is 21.4 Å². The molecule has 0 saturated carbocycles. The Balaban J connectivity index is 2.42. The Labute approximate surface area is 116 Å². The first kappa shape index (κ1) is 14.0. The first-order valence-electron chi connectivity index (χ1n) is 5.93. The van der Waals surface area contributed by atoms with Crippen molar-refractivity contribution in [2.24, 2.45) is 5.84 Å². The maximum atomic E-state index is 14.1. The summed E-state index contributed by atoms with van der Waals surface area (Å²) in [5.41, 5.74) is 4.39. The Bertz CT molecular complexity index is 563. The van der Waals surface area contributed by atoms with E-state index in [9.17, 15) is 4.39 Å². The van der Waals surface area contributed by atoms with Crippen LogP contribution in [0.2, 0.25) is 0 Å². The zero-order valence-electron chi connectivity index (χ0n) is 11.2. The van der Waals surface area contributed by atoms with Crippen molar-refractivity contribution in [1.29, 1.82) is 0 Å². The molecule has 1 unspecified atom stereocenters. The topological polar surface area (TPSA) is 47.3 Å². The number of rotatable bonds is 4. The van der Waals surface area contributed by atoms with Gasteiger partial charge in [0.15, 0.2) is 0 Å². The second kappa shape index (κ2) is 5.69. The number of nitrogens with two attached hydrogens (primary N) is 1. The lowest BCUT2D eigenvalue weighted by Crippen LogP contribution is -2.28. The quantitative estimate of drug-likeness (QED) is 0.668. The van der Waals surface area contributed by atoms with Gasteiger partial charge in [-0.05, 0) is 31.5 Å². The van der Waals surface area contributed by atoms with E-state index < -0.39 is 0 Å². The molecule has 0 aliphatic rings. The van der Waals surface area contributed by atoms with E-state index in [2.05, 4.69) is 5.43 Å². The van der Waals surface area contributed by atoms with E-state index in [0.29, 0.717) is 11.3 Å². The second-order valence-corrected chi connectivity index (χ2v) is 5.66. The Morgan fingerprint density at radius 2 is 2.05 bits per heavy atom. The number of halogens is 1. The van der Waals surface area contributed by atoms with Crippen molar-refractivity contribution in [1.82, 2.24) is 5.43 Å². The number of hydrogen-bond acceptors (Lipinski definition) is 4. The van der Waals surface area contributed by atoms with Gasteiger partial charge in [-0.25, -0.2) is 9.82 Å². The van der Waals surface area contributed by atoms with Gasteiger partial charge in [0.2, 0.25) is 0 Å². The van der Waals surface area contributed by atoms with Crippen molar-refractivity contribution < 1.29 is 9.13 Å². The molecule has 0 fully saturated rings. The molecule has 3 N–H and O–H groups in total. The fourth-order valence-electron chi connectivity index (χ4n) is 1.94. The van der Waals surface area contributed by atoms with Gasteiger partial charge in [-0.2, -0.15) is 0 Å². The summed E-state index contributed by atoms with van der Waals surface area (Å²) in [6.45, 7) is 4.08. The molecule has 0 aliphatic carbocycles. The van der Waals surface area contributed by atoms with Crippen LogP contribution in [0, 0.1) is 19.7 Å². The third kappa shape index (κ3) is 2.78. The van der Waals surface area contributed by atoms with Gasteiger partial charge in [-0.15, -0.1) is 11.3 Å². The molecule has 0 saturated heterocycles. The van der Waals surface area contributed by atoms with Gasteiger partial charge in [0.1, 0.15) is 11.6 Å². The molecule has 2 aromatic rings. The number of benzene rings is 1. The van der Waals surface area contributed by atoms with Crippen molar-refractivity contribution in [3.8, 4) is 5.75 Å². The predicted octanol–water partition coefficient (Wildman–Crippen LogP) is 3.07. The minimum Gasteiger partial charge on any atom is -0.497 e. The fraction of sp³-hybridized carbons (Fsp3) is 0.286. The predicted molar refractivity (Wildman–Crippen MR) is 75.9 cm³/mol. The number of methoxy groups -OCH3 is 1. The highest BCUT2D eigenvalue weighted by Gasteiger charge is 2.19. The molecule has 1 heterocycles. The van der Waals surface area contributed by atoms with Gasteiger partial charge < -0.3 is 4.74 Å². The lowest BCUT2D eigenvalue weighted by atomic mass is 10.0. The maximum absolute atomic E-state index is 14.1. The molecular weight excluding hydrogens is 263 g/mol. The highest BCUT2D eigenvalue weighted by atomic mass is 32.1. The van der Waals surface area contributed by atoms with Crippen LogP contribution in [-0.2, 0) is 0 Å². The number of hydrazine groups is 1. The number of aryl methyl sites for hydroxylation is 2. The van der Waals surface area contributed by atoms with E-state index in [1.54, 1.807) is 23.5 Å². The Morgan fingerprint density at radius 1 is 1.32 bits per heavy atom. The van der Waals surface area contributed by atoms with E-state index in [4.69, 9.17) is 10.6 Å². The summed E-state index contributed by atoms with van der Waals surface area (Å²) in [5.74, 6) is 5.76. The summed E-state index contributed by atoms with van der Waals surface area (Å²) in [6.07, 6.45) is 0. The zero-order chi connectivity index (χ0) is 14.0. The Hall–Kier alpha value is -1.43. The van der Waals surface area contributed by atoms with E-state index in [1.807, 2.05) is 19.9 Å². The summed E-state index contributed by atoms with van der Waals surface area (Å²) in [7, 11) is 1.51. The van der Waals surface area contributed by atoms with Crippen molar-refractivity contribution in [3.63, 3.8) is 0 Å². The molecular formula is C14H17FN2OS. The van der Waals surface area contributed by atoms with Crippen molar-refractivity contribution >= 4 is 11.3 Å². The van der Waals surface area contributed by atoms with E-state index in [-0.39, 0.29) is 11.9 Å². The summed E-state index contributed by atoms with van der Waals surface area (Å²) in [6, 6.07) is 6.49. The zero-order valence-corrected chi connectivity index (χ0v) is 12.0. The molecule has 3 nitrogen and oxygen atoms in total. The van der Waals surface area contributed by atoms with Crippen LogP contribution in [0.15, 0.2) is 24.3 Å². The average Bonchev–Trinajstić information content (AvgIpc) is 2.72. The first-order valence-corrected chi connectivity index (χ1v) is 6.75. The molecule has 0 aliphatic heterocycles. The van der Waals surface area contributed by atoms with E-state index in [1.165, 1.54) is 23.6 Å². The molecule has 102 valence electrons. The molecule has 1 atom stereocenters. The highest BCUT2D eigenvalue weighted by Crippen LogP contribution is 2.32. The maximum Gasteiger partial charge on any atom is 0.132 e. The van der Waals surface area contributed by atoms with Crippen LogP contribution in [0.1, 0.15) is 26.9 Å². The van der Waals surface area contributed by atoms with Gasteiger partial charge in [-0.3, -0.25) is 5.84 Å². The summed E-state index contributed by atoms with van der Waals surface area (Å²) < 4.78 is 19.1. The van der Waals surface area contributed by atoms with Crippen molar-refractivity contribution in [3.05, 3.63) is 51.0 Å². The number of ether oxygens (including phenoxy) is 1. The average molecular weight is 280 g/mol. The van der Waals surface area contributed by atoms with E-state index in [0.717, 1.165) is 4.88 Å². The number of nitrogens with one attached hydrogen (secondary N) is 1. The van der Waals surface area contributed by atoms with Crippen LogP contribution >= 0.6 is 11.3 Å². The SMILES string of the molecule is COc1ccc(C(NN)c2cc(C)c(C)s2)c(F)c1. The van der Waals surface area contributed by atoms with Crippen LogP contribution in [0.25, 0.3) is 0 Å². The van der Waals surface area contributed by atoms with E-state index >= 15 is 0 Å².